The van der Waals surface area contributed by atoms with Crippen molar-refractivity contribution in [3.63, 3.8) is 0 Å². The highest BCUT2D eigenvalue weighted by Gasteiger charge is 2.19. The summed E-state index contributed by atoms with van der Waals surface area (Å²) in [6.45, 7) is 2.45. The third-order valence-electron chi connectivity index (χ3n) is 3.15. The van der Waals surface area contributed by atoms with E-state index in [1.807, 2.05) is 0 Å². The number of sulfone groups is 1. The summed E-state index contributed by atoms with van der Waals surface area (Å²) in [6, 6.07) is 2.67. The molecule has 6 nitrogen and oxygen atoms in total. The molecule has 1 N–H and O–H groups in total. The van der Waals surface area contributed by atoms with E-state index in [-0.39, 0.29) is 23.0 Å². The second-order valence-corrected chi connectivity index (χ2v) is 6.90. The number of carbonyl (C=O) groups is 1. The number of nitrogens with zero attached hydrogens (tertiary/aromatic N) is 1. The van der Waals surface area contributed by atoms with E-state index in [0.29, 0.717) is 6.54 Å². The van der Waals surface area contributed by atoms with Crippen molar-refractivity contribution >= 4 is 15.8 Å². The van der Waals surface area contributed by atoms with Gasteiger partial charge >= 0.3 is 5.97 Å². The van der Waals surface area contributed by atoms with Gasteiger partial charge in [0.1, 0.15) is 11.5 Å². The first-order chi connectivity index (χ1) is 8.96. The smallest absolute Gasteiger partial charge is 0.371 e. The maximum atomic E-state index is 11.9. The minimum Gasteiger partial charge on any atom is -0.475 e. The minimum atomic E-state index is -3.26. The molecule has 0 aliphatic carbocycles. The Kier molecular flexibility index (Phi) is 4.26. The van der Waals surface area contributed by atoms with E-state index in [0.717, 1.165) is 25.9 Å². The maximum absolute atomic E-state index is 11.9. The molecule has 0 spiro atoms. The lowest BCUT2D eigenvalue weighted by Gasteiger charge is -2.13. The lowest BCUT2D eigenvalue weighted by atomic mass is 10.4. The van der Waals surface area contributed by atoms with Crippen LogP contribution >= 0.6 is 0 Å². The lowest BCUT2D eigenvalue weighted by Crippen LogP contribution is -2.27. The van der Waals surface area contributed by atoms with Crippen LogP contribution in [-0.2, 0) is 15.6 Å². The number of rotatable bonds is 6. The molecular formula is C12H17NO5S. The predicted molar refractivity (Wildman–Crippen MR) is 68.8 cm³/mol. The number of aromatic carboxylic acids is 1. The average molecular weight is 287 g/mol. The quantitative estimate of drug-likeness (QED) is 0.839. The number of furan rings is 1. The van der Waals surface area contributed by atoms with Crippen LogP contribution in [-0.4, -0.2) is 49.8 Å². The van der Waals surface area contributed by atoms with Crippen LogP contribution in [0.25, 0.3) is 0 Å². The standard InChI is InChI=1S/C12H17NO5S/c14-12(15)11-4-3-10(18-11)9-19(16,17)8-7-13-5-1-2-6-13/h3-4H,1-2,5-9H2,(H,14,15). The molecule has 0 unspecified atom stereocenters. The monoisotopic (exact) mass is 287 g/mol. The van der Waals surface area contributed by atoms with Crippen LogP contribution in [0.4, 0.5) is 0 Å². The molecule has 1 aromatic heterocycles. The van der Waals surface area contributed by atoms with Crippen molar-refractivity contribution in [1.29, 1.82) is 0 Å². The number of hydrogen-bond acceptors (Lipinski definition) is 5. The van der Waals surface area contributed by atoms with Gasteiger partial charge in [0.15, 0.2) is 9.84 Å². The highest BCUT2D eigenvalue weighted by molar-refractivity contribution is 7.90. The summed E-state index contributed by atoms with van der Waals surface area (Å²) in [7, 11) is -3.26. The van der Waals surface area contributed by atoms with Crippen LogP contribution in [0.5, 0.6) is 0 Å². The first kappa shape index (κ1) is 14.1. The van der Waals surface area contributed by atoms with Gasteiger partial charge in [-0.1, -0.05) is 0 Å². The van der Waals surface area contributed by atoms with E-state index in [1.165, 1.54) is 12.1 Å². The summed E-state index contributed by atoms with van der Waals surface area (Å²) in [6.07, 6.45) is 2.25. The normalized spacial score (nSPS) is 16.8. The van der Waals surface area contributed by atoms with Crippen LogP contribution in [0.3, 0.4) is 0 Å². The highest BCUT2D eigenvalue weighted by atomic mass is 32.2. The summed E-state index contributed by atoms with van der Waals surface area (Å²) in [5.41, 5.74) is 0. The summed E-state index contributed by atoms with van der Waals surface area (Å²) in [4.78, 5) is 12.8. The largest absolute Gasteiger partial charge is 0.475 e. The Balaban J connectivity index is 1.90. The van der Waals surface area contributed by atoms with Gasteiger partial charge in [0.05, 0.1) is 5.75 Å². The molecule has 2 heterocycles. The van der Waals surface area contributed by atoms with Gasteiger partial charge in [-0.25, -0.2) is 13.2 Å². The fraction of sp³-hybridized carbons (Fsp3) is 0.583. The van der Waals surface area contributed by atoms with Crippen LogP contribution < -0.4 is 0 Å². The zero-order valence-electron chi connectivity index (χ0n) is 10.5. The molecule has 0 bridgehead atoms. The second-order valence-electron chi connectivity index (χ2n) is 4.71. The summed E-state index contributed by atoms with van der Waals surface area (Å²) < 4.78 is 28.8. The zero-order chi connectivity index (χ0) is 13.9. The molecule has 1 aromatic rings. The minimum absolute atomic E-state index is 0.0795. The van der Waals surface area contributed by atoms with Crippen LogP contribution in [0.15, 0.2) is 16.5 Å². The third-order valence-corrected chi connectivity index (χ3v) is 4.68. The number of carboxylic acids is 1. The molecule has 19 heavy (non-hydrogen) atoms. The van der Waals surface area contributed by atoms with Gasteiger partial charge in [0.2, 0.25) is 5.76 Å². The van der Waals surface area contributed by atoms with Gasteiger partial charge in [0, 0.05) is 6.54 Å². The maximum Gasteiger partial charge on any atom is 0.371 e. The molecule has 1 aliphatic rings. The highest BCUT2D eigenvalue weighted by Crippen LogP contribution is 2.13. The fourth-order valence-electron chi connectivity index (χ4n) is 2.13. The van der Waals surface area contributed by atoms with Gasteiger partial charge < -0.3 is 14.4 Å². The Morgan fingerprint density at radius 1 is 1.32 bits per heavy atom. The molecule has 0 aromatic carbocycles. The van der Waals surface area contributed by atoms with E-state index in [2.05, 4.69) is 4.90 Å². The van der Waals surface area contributed by atoms with Gasteiger partial charge in [0.25, 0.3) is 0 Å². The summed E-state index contributed by atoms with van der Waals surface area (Å²) in [5.74, 6) is -1.41. The molecule has 0 radical (unpaired) electrons. The van der Waals surface area contributed by atoms with Crippen LogP contribution in [0.2, 0.25) is 0 Å². The van der Waals surface area contributed by atoms with Gasteiger partial charge in [-0.05, 0) is 38.1 Å². The second kappa shape index (κ2) is 5.75. The topological polar surface area (TPSA) is 87.8 Å². The molecule has 7 heteroatoms. The predicted octanol–water partition coefficient (Wildman–Crippen LogP) is 0.988. The Morgan fingerprint density at radius 2 is 2.00 bits per heavy atom. The molecule has 1 fully saturated rings. The molecular weight excluding hydrogens is 270 g/mol. The first-order valence-electron chi connectivity index (χ1n) is 6.21. The van der Waals surface area contributed by atoms with Crippen molar-refractivity contribution in [3.05, 3.63) is 23.7 Å². The van der Waals surface area contributed by atoms with Crippen molar-refractivity contribution in [3.8, 4) is 0 Å². The van der Waals surface area contributed by atoms with Gasteiger partial charge in [-0.2, -0.15) is 0 Å². The molecule has 0 atom stereocenters. The van der Waals surface area contributed by atoms with E-state index >= 15 is 0 Å². The fourth-order valence-corrected chi connectivity index (χ4v) is 3.40. The van der Waals surface area contributed by atoms with Crippen LogP contribution in [0, 0.1) is 0 Å². The Hall–Kier alpha value is -1.34. The third kappa shape index (κ3) is 4.07. The van der Waals surface area contributed by atoms with Crippen molar-refractivity contribution in [2.24, 2.45) is 0 Å². The van der Waals surface area contributed by atoms with E-state index in [9.17, 15) is 13.2 Å². The summed E-state index contributed by atoms with van der Waals surface area (Å²) >= 11 is 0. The van der Waals surface area contributed by atoms with Crippen molar-refractivity contribution in [2.45, 2.75) is 18.6 Å². The Morgan fingerprint density at radius 3 is 2.58 bits per heavy atom. The number of hydrogen-bond donors (Lipinski definition) is 1. The van der Waals surface area contributed by atoms with E-state index < -0.39 is 15.8 Å². The van der Waals surface area contributed by atoms with Gasteiger partial charge in [-0.15, -0.1) is 0 Å². The van der Waals surface area contributed by atoms with E-state index in [4.69, 9.17) is 9.52 Å². The lowest BCUT2D eigenvalue weighted by molar-refractivity contribution is 0.0660. The van der Waals surface area contributed by atoms with Crippen molar-refractivity contribution in [1.82, 2.24) is 4.90 Å². The van der Waals surface area contributed by atoms with E-state index in [1.54, 1.807) is 0 Å². The molecule has 2 rings (SSSR count). The van der Waals surface area contributed by atoms with Crippen LogP contribution in [0.1, 0.15) is 29.2 Å². The Bertz CT molecular complexity index is 542. The average Bonchev–Trinajstić information content (AvgIpc) is 2.96. The van der Waals surface area contributed by atoms with Gasteiger partial charge in [-0.3, -0.25) is 0 Å². The molecule has 106 valence electrons. The SMILES string of the molecule is O=C(O)c1ccc(CS(=O)(=O)CCN2CCCC2)o1. The molecule has 1 aliphatic heterocycles. The Labute approximate surface area is 111 Å². The van der Waals surface area contributed by atoms with Crippen molar-refractivity contribution < 1.29 is 22.7 Å². The number of carboxylic acid groups (broad SMARTS) is 1. The molecule has 0 amide bonds. The van der Waals surface area contributed by atoms with Crippen molar-refractivity contribution in [2.75, 3.05) is 25.4 Å². The summed E-state index contributed by atoms with van der Waals surface area (Å²) in [5, 5.41) is 8.69. The number of likely N-dealkylation sites (tertiary alicyclic amines) is 1. The first-order valence-corrected chi connectivity index (χ1v) is 8.03. The molecule has 1 saturated heterocycles. The molecule has 0 saturated carbocycles. The zero-order valence-corrected chi connectivity index (χ0v) is 11.4.